The molecule has 18 heavy (non-hydrogen) atoms. The Kier molecular flexibility index (Phi) is 5.53. The molecule has 0 aromatic rings. The molecular formula is C13H25N3OS. The summed E-state index contributed by atoms with van der Waals surface area (Å²) in [6.45, 7) is 9.92. The summed E-state index contributed by atoms with van der Waals surface area (Å²) in [5.74, 6) is 0.556. The van der Waals surface area contributed by atoms with Gasteiger partial charge in [-0.3, -0.25) is 4.79 Å². The molecule has 0 unspecified atom stereocenters. The van der Waals surface area contributed by atoms with Crippen LogP contribution in [-0.2, 0) is 4.79 Å². The molecule has 1 aliphatic carbocycles. The minimum Gasteiger partial charge on any atom is -0.392 e. The number of hydrogen-bond acceptors (Lipinski definition) is 3. The van der Waals surface area contributed by atoms with Crippen LogP contribution in [0, 0.1) is 11.3 Å². The van der Waals surface area contributed by atoms with Crippen molar-refractivity contribution in [1.82, 2.24) is 10.2 Å². The van der Waals surface area contributed by atoms with Crippen molar-refractivity contribution in [3.05, 3.63) is 0 Å². The van der Waals surface area contributed by atoms with Crippen LogP contribution in [0.5, 0.6) is 0 Å². The van der Waals surface area contributed by atoms with Gasteiger partial charge in [0, 0.05) is 13.1 Å². The van der Waals surface area contributed by atoms with E-state index in [1.807, 2.05) is 0 Å². The highest BCUT2D eigenvalue weighted by molar-refractivity contribution is 7.80. The molecule has 0 atom stereocenters. The van der Waals surface area contributed by atoms with Crippen LogP contribution in [0.2, 0.25) is 0 Å². The van der Waals surface area contributed by atoms with E-state index in [0.29, 0.717) is 17.5 Å². The van der Waals surface area contributed by atoms with Crippen molar-refractivity contribution in [3.8, 4) is 0 Å². The second kappa shape index (κ2) is 6.48. The van der Waals surface area contributed by atoms with Gasteiger partial charge in [-0.05, 0) is 31.8 Å². The Labute approximate surface area is 115 Å². The summed E-state index contributed by atoms with van der Waals surface area (Å²) < 4.78 is 0. The molecule has 1 saturated carbocycles. The van der Waals surface area contributed by atoms with E-state index in [-0.39, 0.29) is 5.91 Å². The summed E-state index contributed by atoms with van der Waals surface area (Å²) in [4.78, 5) is 14.8. The van der Waals surface area contributed by atoms with Gasteiger partial charge >= 0.3 is 0 Å². The first-order valence-electron chi connectivity index (χ1n) is 6.76. The molecule has 0 saturated heterocycles. The third kappa shape index (κ3) is 3.20. The normalized spacial score (nSPS) is 26.8. The molecule has 0 radical (unpaired) electrons. The standard InChI is InChI=1S/C13H25N3OS/c1-4-16(5-2)7-6-15-12(17)13(11(14)18)8-10(3)9-13/h10H,4-9H2,1-3H3,(H2,14,18)(H,15,17). The van der Waals surface area contributed by atoms with E-state index in [9.17, 15) is 4.79 Å². The number of carbonyl (C=O) groups is 1. The summed E-state index contributed by atoms with van der Waals surface area (Å²) in [5, 5.41) is 2.98. The van der Waals surface area contributed by atoms with Crippen LogP contribution in [0.4, 0.5) is 0 Å². The van der Waals surface area contributed by atoms with E-state index in [2.05, 4.69) is 31.0 Å². The molecule has 1 amide bonds. The Morgan fingerprint density at radius 2 is 2.00 bits per heavy atom. The molecule has 1 aliphatic rings. The lowest BCUT2D eigenvalue weighted by Gasteiger charge is -2.44. The van der Waals surface area contributed by atoms with Crippen molar-refractivity contribution >= 4 is 23.1 Å². The van der Waals surface area contributed by atoms with Gasteiger partial charge in [-0.1, -0.05) is 33.0 Å². The zero-order chi connectivity index (χ0) is 13.8. The van der Waals surface area contributed by atoms with Gasteiger partial charge in [0.2, 0.25) is 5.91 Å². The average molecular weight is 271 g/mol. The summed E-state index contributed by atoms with van der Waals surface area (Å²) in [5.41, 5.74) is 5.17. The molecule has 4 nitrogen and oxygen atoms in total. The SMILES string of the molecule is CCN(CC)CCNC(=O)C1(C(N)=S)CC(C)C1. The van der Waals surface area contributed by atoms with Gasteiger partial charge in [-0.15, -0.1) is 0 Å². The van der Waals surface area contributed by atoms with Crippen molar-refractivity contribution in [3.63, 3.8) is 0 Å². The van der Waals surface area contributed by atoms with Crippen LogP contribution < -0.4 is 11.1 Å². The van der Waals surface area contributed by atoms with E-state index < -0.39 is 5.41 Å². The highest BCUT2D eigenvalue weighted by Gasteiger charge is 2.50. The Hall–Kier alpha value is -0.680. The number of nitrogens with two attached hydrogens (primary N) is 1. The molecule has 104 valence electrons. The topological polar surface area (TPSA) is 58.4 Å². The van der Waals surface area contributed by atoms with Gasteiger partial charge in [0.1, 0.15) is 0 Å². The number of amides is 1. The number of hydrogen-bond donors (Lipinski definition) is 2. The first-order chi connectivity index (χ1) is 8.46. The number of rotatable bonds is 7. The number of nitrogens with one attached hydrogen (secondary N) is 1. The monoisotopic (exact) mass is 271 g/mol. The van der Waals surface area contributed by atoms with Gasteiger partial charge in [-0.25, -0.2) is 0 Å². The van der Waals surface area contributed by atoms with Crippen molar-refractivity contribution in [2.24, 2.45) is 17.1 Å². The Morgan fingerprint density at radius 1 is 1.44 bits per heavy atom. The maximum absolute atomic E-state index is 12.2. The fourth-order valence-electron chi connectivity index (χ4n) is 2.66. The quantitative estimate of drug-likeness (QED) is 0.682. The van der Waals surface area contributed by atoms with Gasteiger partial charge < -0.3 is 16.0 Å². The first-order valence-corrected chi connectivity index (χ1v) is 7.17. The summed E-state index contributed by atoms with van der Waals surface area (Å²) in [6, 6.07) is 0. The molecular weight excluding hydrogens is 246 g/mol. The maximum atomic E-state index is 12.2. The van der Waals surface area contributed by atoms with Gasteiger partial charge in [0.05, 0.1) is 10.4 Å². The molecule has 1 rings (SSSR count). The molecule has 0 aromatic carbocycles. The fraction of sp³-hybridized carbons (Fsp3) is 0.846. The lowest BCUT2D eigenvalue weighted by molar-refractivity contribution is -0.132. The summed E-state index contributed by atoms with van der Waals surface area (Å²) in [6.07, 6.45) is 1.58. The third-order valence-corrected chi connectivity index (χ3v) is 4.30. The Balaban J connectivity index is 2.42. The molecule has 0 spiro atoms. The zero-order valence-electron chi connectivity index (χ0n) is 11.7. The van der Waals surface area contributed by atoms with Gasteiger partial charge in [0.15, 0.2) is 0 Å². The third-order valence-electron chi connectivity index (χ3n) is 3.91. The number of thiocarbonyl (C=S) groups is 1. The van der Waals surface area contributed by atoms with Crippen LogP contribution in [0.1, 0.15) is 33.6 Å². The lowest BCUT2D eigenvalue weighted by Crippen LogP contribution is -2.56. The number of likely N-dealkylation sites (N-methyl/N-ethyl adjacent to an activating group) is 1. The molecule has 3 N–H and O–H groups in total. The summed E-state index contributed by atoms with van der Waals surface area (Å²) in [7, 11) is 0. The van der Waals surface area contributed by atoms with E-state index in [4.69, 9.17) is 18.0 Å². The molecule has 0 aliphatic heterocycles. The van der Waals surface area contributed by atoms with Gasteiger partial charge in [0.25, 0.3) is 0 Å². The number of carbonyl (C=O) groups excluding carboxylic acids is 1. The number of nitrogens with zero attached hydrogens (tertiary/aromatic N) is 1. The Morgan fingerprint density at radius 3 is 2.39 bits per heavy atom. The minimum absolute atomic E-state index is 0.0141. The lowest BCUT2D eigenvalue weighted by atomic mass is 9.62. The molecule has 1 fully saturated rings. The van der Waals surface area contributed by atoms with Gasteiger partial charge in [-0.2, -0.15) is 0 Å². The summed E-state index contributed by atoms with van der Waals surface area (Å²) >= 11 is 5.06. The van der Waals surface area contributed by atoms with Crippen molar-refractivity contribution in [2.45, 2.75) is 33.6 Å². The van der Waals surface area contributed by atoms with Crippen molar-refractivity contribution in [1.29, 1.82) is 0 Å². The molecule has 5 heteroatoms. The van der Waals surface area contributed by atoms with E-state index >= 15 is 0 Å². The maximum Gasteiger partial charge on any atom is 0.233 e. The first kappa shape index (κ1) is 15.4. The van der Waals surface area contributed by atoms with Crippen LogP contribution in [0.25, 0.3) is 0 Å². The molecule has 0 aromatic heterocycles. The van der Waals surface area contributed by atoms with Crippen LogP contribution >= 0.6 is 12.2 Å². The van der Waals surface area contributed by atoms with E-state index in [1.165, 1.54) is 0 Å². The smallest absolute Gasteiger partial charge is 0.233 e. The van der Waals surface area contributed by atoms with E-state index in [0.717, 1.165) is 32.5 Å². The van der Waals surface area contributed by atoms with Crippen LogP contribution in [0.3, 0.4) is 0 Å². The average Bonchev–Trinajstić information content (AvgIpc) is 2.29. The highest BCUT2D eigenvalue weighted by Crippen LogP contribution is 2.45. The van der Waals surface area contributed by atoms with Crippen LogP contribution in [0.15, 0.2) is 0 Å². The zero-order valence-corrected chi connectivity index (χ0v) is 12.5. The van der Waals surface area contributed by atoms with Crippen molar-refractivity contribution < 1.29 is 4.79 Å². The van der Waals surface area contributed by atoms with Crippen LogP contribution in [-0.4, -0.2) is 42.0 Å². The highest BCUT2D eigenvalue weighted by atomic mass is 32.1. The molecule has 0 bridgehead atoms. The predicted octanol–water partition coefficient (Wildman–Crippen LogP) is 1.15. The largest absolute Gasteiger partial charge is 0.392 e. The predicted molar refractivity (Wildman–Crippen MR) is 78.4 cm³/mol. The minimum atomic E-state index is -0.571. The second-order valence-corrected chi connectivity index (χ2v) is 5.68. The van der Waals surface area contributed by atoms with Crippen molar-refractivity contribution in [2.75, 3.05) is 26.2 Å². The second-order valence-electron chi connectivity index (χ2n) is 5.24. The van der Waals surface area contributed by atoms with E-state index in [1.54, 1.807) is 0 Å². The fourth-order valence-corrected chi connectivity index (χ4v) is 2.92. The molecule has 0 heterocycles. The Bertz CT molecular complexity index is 309.